The molecule has 1 aromatic heterocycles. The van der Waals surface area contributed by atoms with Crippen LogP contribution >= 0.6 is 27.3 Å². The first kappa shape index (κ1) is 20.2. The maximum absolute atomic E-state index is 3.52. The van der Waals surface area contributed by atoms with Crippen molar-refractivity contribution in [1.29, 1.82) is 0 Å². The highest BCUT2D eigenvalue weighted by molar-refractivity contribution is 9.10. The van der Waals surface area contributed by atoms with E-state index in [1.807, 2.05) is 11.3 Å². The molecule has 0 aliphatic carbocycles. The summed E-state index contributed by atoms with van der Waals surface area (Å²) < 4.78 is 3.73. The van der Waals surface area contributed by atoms with E-state index in [0.29, 0.717) is 0 Å². The number of benzene rings is 5. The van der Waals surface area contributed by atoms with E-state index in [4.69, 9.17) is 0 Å². The van der Waals surface area contributed by atoms with Gasteiger partial charge in [0.15, 0.2) is 0 Å². The number of thiophene rings is 1. The van der Waals surface area contributed by atoms with Crippen LogP contribution in [0.4, 0.5) is 17.1 Å². The summed E-state index contributed by atoms with van der Waals surface area (Å²) in [7, 11) is 0. The maximum Gasteiger partial charge on any atom is 0.0476 e. The number of rotatable bonds is 4. The molecule has 0 aliphatic rings. The fourth-order valence-corrected chi connectivity index (χ4v) is 5.73. The van der Waals surface area contributed by atoms with E-state index < -0.39 is 0 Å². The van der Waals surface area contributed by atoms with Crippen molar-refractivity contribution in [3.63, 3.8) is 0 Å². The van der Waals surface area contributed by atoms with Crippen LogP contribution in [0.5, 0.6) is 0 Å². The Bertz CT molecular complexity index is 1550. The van der Waals surface area contributed by atoms with E-state index >= 15 is 0 Å². The lowest BCUT2D eigenvalue weighted by Crippen LogP contribution is -2.09. The Hall–Kier alpha value is -3.40. The Balaban J connectivity index is 1.46. The second-order valence-electron chi connectivity index (χ2n) is 8.00. The second-order valence-corrected chi connectivity index (χ2v) is 10.0. The van der Waals surface area contributed by atoms with Gasteiger partial charge in [0.25, 0.3) is 0 Å². The van der Waals surface area contributed by atoms with Gasteiger partial charge in [-0.05, 0) is 65.7 Å². The van der Waals surface area contributed by atoms with E-state index in [2.05, 4.69) is 142 Å². The van der Waals surface area contributed by atoms with Gasteiger partial charge in [0, 0.05) is 41.7 Å². The Morgan fingerprint density at radius 3 is 1.82 bits per heavy atom. The van der Waals surface area contributed by atoms with E-state index in [-0.39, 0.29) is 0 Å². The van der Waals surface area contributed by atoms with Crippen molar-refractivity contribution in [3.8, 4) is 11.1 Å². The highest BCUT2D eigenvalue weighted by Crippen LogP contribution is 2.40. The van der Waals surface area contributed by atoms with Gasteiger partial charge in [0.05, 0.1) is 0 Å². The maximum atomic E-state index is 3.52. The molecule has 1 heterocycles. The standard InChI is InChI=1S/C30H20BrNS/c31-23-14-10-21(11-15-23)22-12-16-25(17-13-22)32(24-6-2-1-3-7-24)26-18-19-28-27-8-4-5-9-29(27)33-30(28)20-26/h1-20H. The van der Waals surface area contributed by atoms with Crippen molar-refractivity contribution in [3.05, 3.63) is 126 Å². The minimum absolute atomic E-state index is 1.09. The molecule has 33 heavy (non-hydrogen) atoms. The summed E-state index contributed by atoms with van der Waals surface area (Å²) in [4.78, 5) is 2.33. The van der Waals surface area contributed by atoms with E-state index in [1.165, 1.54) is 31.3 Å². The zero-order valence-corrected chi connectivity index (χ0v) is 20.2. The summed E-state index contributed by atoms with van der Waals surface area (Å²) in [6, 6.07) is 43.3. The van der Waals surface area contributed by atoms with Crippen molar-refractivity contribution < 1.29 is 0 Å². The number of anilines is 3. The lowest BCUT2D eigenvalue weighted by atomic mass is 10.0. The molecule has 5 aromatic carbocycles. The lowest BCUT2D eigenvalue weighted by Gasteiger charge is -2.25. The van der Waals surface area contributed by atoms with Crippen LogP contribution < -0.4 is 4.90 Å². The van der Waals surface area contributed by atoms with Gasteiger partial charge < -0.3 is 4.90 Å². The van der Waals surface area contributed by atoms with Crippen LogP contribution in [0.3, 0.4) is 0 Å². The number of para-hydroxylation sites is 1. The first-order chi connectivity index (χ1) is 16.3. The molecule has 0 amide bonds. The number of fused-ring (bicyclic) bond motifs is 3. The number of nitrogens with zero attached hydrogens (tertiary/aromatic N) is 1. The lowest BCUT2D eigenvalue weighted by molar-refractivity contribution is 1.29. The van der Waals surface area contributed by atoms with Crippen molar-refractivity contribution in [1.82, 2.24) is 0 Å². The molecule has 158 valence electrons. The van der Waals surface area contributed by atoms with Crippen LogP contribution in [-0.2, 0) is 0 Å². The average molecular weight is 506 g/mol. The van der Waals surface area contributed by atoms with Gasteiger partial charge in [-0.25, -0.2) is 0 Å². The fourth-order valence-electron chi connectivity index (χ4n) is 4.32. The zero-order chi connectivity index (χ0) is 22.2. The molecule has 0 bridgehead atoms. The monoisotopic (exact) mass is 505 g/mol. The molecule has 0 atom stereocenters. The molecule has 0 saturated heterocycles. The molecule has 6 rings (SSSR count). The number of hydrogen-bond donors (Lipinski definition) is 0. The van der Waals surface area contributed by atoms with Gasteiger partial charge in [-0.2, -0.15) is 0 Å². The highest BCUT2D eigenvalue weighted by Gasteiger charge is 2.14. The molecule has 0 spiro atoms. The van der Waals surface area contributed by atoms with Gasteiger partial charge in [-0.15, -0.1) is 11.3 Å². The molecule has 0 aliphatic heterocycles. The van der Waals surface area contributed by atoms with Crippen LogP contribution in [-0.4, -0.2) is 0 Å². The molecule has 0 saturated carbocycles. The fraction of sp³-hybridized carbons (Fsp3) is 0. The largest absolute Gasteiger partial charge is 0.310 e. The second kappa shape index (κ2) is 8.51. The summed E-state index contributed by atoms with van der Waals surface area (Å²) in [5.74, 6) is 0. The molecular weight excluding hydrogens is 486 g/mol. The molecule has 6 aromatic rings. The summed E-state index contributed by atoms with van der Waals surface area (Å²) in [5.41, 5.74) is 5.87. The molecule has 0 N–H and O–H groups in total. The molecule has 0 radical (unpaired) electrons. The van der Waals surface area contributed by atoms with Crippen LogP contribution in [0.15, 0.2) is 126 Å². The van der Waals surface area contributed by atoms with E-state index in [0.717, 1.165) is 21.5 Å². The average Bonchev–Trinajstić information content (AvgIpc) is 3.24. The van der Waals surface area contributed by atoms with Gasteiger partial charge in [0.1, 0.15) is 0 Å². The molecule has 3 heteroatoms. The zero-order valence-electron chi connectivity index (χ0n) is 17.8. The third-order valence-electron chi connectivity index (χ3n) is 5.94. The van der Waals surface area contributed by atoms with Crippen molar-refractivity contribution in [2.24, 2.45) is 0 Å². The molecule has 1 nitrogen and oxygen atoms in total. The summed E-state index contributed by atoms with van der Waals surface area (Å²) in [6.45, 7) is 0. The normalized spacial score (nSPS) is 11.2. The quantitative estimate of drug-likeness (QED) is 0.230. The topological polar surface area (TPSA) is 3.24 Å². The summed E-state index contributed by atoms with van der Waals surface area (Å²) in [5, 5.41) is 2.65. The first-order valence-electron chi connectivity index (χ1n) is 10.9. The Kier molecular flexibility index (Phi) is 5.21. The predicted octanol–water partition coefficient (Wildman–Crippen LogP) is 9.95. The van der Waals surface area contributed by atoms with Crippen molar-refractivity contribution in [2.45, 2.75) is 0 Å². The highest BCUT2D eigenvalue weighted by atomic mass is 79.9. The van der Waals surface area contributed by atoms with Crippen LogP contribution in [0.2, 0.25) is 0 Å². The first-order valence-corrected chi connectivity index (χ1v) is 12.5. The SMILES string of the molecule is Brc1ccc(-c2ccc(N(c3ccccc3)c3ccc4c(c3)sc3ccccc34)cc2)cc1. The third-order valence-corrected chi connectivity index (χ3v) is 7.60. The molecule has 0 fully saturated rings. The molecular formula is C30H20BrNS. The van der Waals surface area contributed by atoms with Gasteiger partial charge in [-0.1, -0.05) is 82.7 Å². The Labute approximate surface area is 205 Å². The summed E-state index contributed by atoms with van der Waals surface area (Å²) in [6.07, 6.45) is 0. The Morgan fingerprint density at radius 2 is 1.06 bits per heavy atom. The van der Waals surface area contributed by atoms with Crippen molar-refractivity contribution >= 4 is 64.5 Å². The minimum atomic E-state index is 1.09. The molecule has 0 unspecified atom stereocenters. The third kappa shape index (κ3) is 3.84. The Morgan fingerprint density at radius 1 is 0.485 bits per heavy atom. The van der Waals surface area contributed by atoms with Gasteiger partial charge in [0.2, 0.25) is 0 Å². The summed E-state index contributed by atoms with van der Waals surface area (Å²) >= 11 is 5.38. The van der Waals surface area contributed by atoms with E-state index in [1.54, 1.807) is 0 Å². The predicted molar refractivity (Wildman–Crippen MR) is 147 cm³/mol. The number of halogens is 1. The van der Waals surface area contributed by atoms with Crippen LogP contribution in [0.25, 0.3) is 31.3 Å². The number of hydrogen-bond acceptors (Lipinski definition) is 2. The van der Waals surface area contributed by atoms with Crippen LogP contribution in [0.1, 0.15) is 0 Å². The smallest absolute Gasteiger partial charge is 0.0476 e. The van der Waals surface area contributed by atoms with Gasteiger partial charge in [-0.3, -0.25) is 0 Å². The van der Waals surface area contributed by atoms with Gasteiger partial charge >= 0.3 is 0 Å². The van der Waals surface area contributed by atoms with Crippen molar-refractivity contribution in [2.75, 3.05) is 4.90 Å². The van der Waals surface area contributed by atoms with Crippen LogP contribution in [0, 0.1) is 0 Å². The minimum Gasteiger partial charge on any atom is -0.310 e. The van der Waals surface area contributed by atoms with E-state index in [9.17, 15) is 0 Å².